The van der Waals surface area contributed by atoms with Crippen molar-refractivity contribution < 1.29 is 4.79 Å². The molecule has 1 saturated carbocycles. The van der Waals surface area contributed by atoms with Crippen LogP contribution in [0.4, 0.5) is 5.13 Å². The van der Waals surface area contributed by atoms with Gasteiger partial charge in [0.15, 0.2) is 5.16 Å². The van der Waals surface area contributed by atoms with Crippen molar-refractivity contribution in [2.75, 3.05) is 11.1 Å². The number of hydrogen-bond donors (Lipinski definition) is 1. The summed E-state index contributed by atoms with van der Waals surface area (Å²) in [5.41, 5.74) is 1.82. The number of nitrogens with zero attached hydrogens (tertiary/aromatic N) is 4. The van der Waals surface area contributed by atoms with Crippen LogP contribution in [0.5, 0.6) is 0 Å². The number of carbonyl (C=O) groups excluding carboxylic acids is 1. The van der Waals surface area contributed by atoms with Crippen LogP contribution in [0.1, 0.15) is 54.4 Å². The molecule has 0 unspecified atom stereocenters. The van der Waals surface area contributed by atoms with Gasteiger partial charge in [0.1, 0.15) is 5.01 Å². The van der Waals surface area contributed by atoms with Gasteiger partial charge in [0.2, 0.25) is 11.0 Å². The molecule has 0 aliphatic heterocycles. The lowest BCUT2D eigenvalue weighted by atomic mass is 9.90. The summed E-state index contributed by atoms with van der Waals surface area (Å²) in [7, 11) is 0. The first kappa shape index (κ1) is 17.3. The molecule has 1 amide bonds. The number of carbonyl (C=O) groups is 1. The number of thioether (sulfide) groups is 1. The van der Waals surface area contributed by atoms with Crippen LogP contribution in [0, 0.1) is 13.8 Å². The van der Waals surface area contributed by atoms with Crippen molar-refractivity contribution in [2.45, 2.75) is 57.0 Å². The topological polar surface area (TPSA) is 80.7 Å². The van der Waals surface area contributed by atoms with Gasteiger partial charge in [-0.25, -0.2) is 9.97 Å². The Morgan fingerprint density at radius 2 is 1.92 bits per heavy atom. The molecule has 1 aliphatic rings. The Morgan fingerprint density at radius 3 is 2.62 bits per heavy atom. The maximum Gasteiger partial charge on any atom is 0.236 e. The molecule has 128 valence electrons. The molecule has 2 heterocycles. The molecule has 3 rings (SSSR count). The molecule has 0 atom stereocenters. The first-order valence-corrected chi connectivity index (χ1v) is 9.98. The number of amides is 1. The molecule has 2 aromatic heterocycles. The van der Waals surface area contributed by atoms with Crippen LogP contribution in [-0.4, -0.2) is 31.8 Å². The van der Waals surface area contributed by atoms with E-state index >= 15 is 0 Å². The lowest BCUT2D eigenvalue weighted by Crippen LogP contribution is -2.14. The first-order chi connectivity index (χ1) is 11.6. The summed E-state index contributed by atoms with van der Waals surface area (Å²) in [6, 6.07) is 1.91. The Bertz CT molecular complexity index is 692. The molecule has 0 bridgehead atoms. The fraction of sp³-hybridized carbons (Fsp3) is 0.562. The van der Waals surface area contributed by atoms with Crippen molar-refractivity contribution in [3.05, 3.63) is 22.5 Å². The molecule has 6 nitrogen and oxygen atoms in total. The van der Waals surface area contributed by atoms with Gasteiger partial charge >= 0.3 is 0 Å². The zero-order valence-electron chi connectivity index (χ0n) is 13.9. The Labute approximate surface area is 149 Å². The van der Waals surface area contributed by atoms with Crippen LogP contribution in [0.25, 0.3) is 0 Å². The third kappa shape index (κ3) is 4.73. The quantitative estimate of drug-likeness (QED) is 0.644. The van der Waals surface area contributed by atoms with Gasteiger partial charge in [-0.15, -0.1) is 10.2 Å². The van der Waals surface area contributed by atoms with E-state index in [1.165, 1.54) is 55.2 Å². The highest BCUT2D eigenvalue weighted by molar-refractivity contribution is 7.99. The summed E-state index contributed by atoms with van der Waals surface area (Å²) in [5, 5.41) is 13.5. The molecule has 1 N–H and O–H groups in total. The number of anilines is 1. The maximum absolute atomic E-state index is 12.1. The van der Waals surface area contributed by atoms with Crippen molar-refractivity contribution in [2.24, 2.45) is 0 Å². The Hall–Kier alpha value is -1.54. The number of aryl methyl sites for hydroxylation is 2. The average Bonchev–Trinajstić information content (AvgIpc) is 3.01. The third-order valence-electron chi connectivity index (χ3n) is 3.94. The minimum Gasteiger partial charge on any atom is -0.300 e. The molecule has 0 aromatic carbocycles. The smallest absolute Gasteiger partial charge is 0.236 e. The lowest BCUT2D eigenvalue weighted by Gasteiger charge is -2.18. The molecule has 24 heavy (non-hydrogen) atoms. The van der Waals surface area contributed by atoms with Crippen molar-refractivity contribution in [1.29, 1.82) is 0 Å². The van der Waals surface area contributed by atoms with E-state index in [1.54, 1.807) is 0 Å². The zero-order chi connectivity index (χ0) is 16.9. The second-order valence-electron chi connectivity index (χ2n) is 6.05. The zero-order valence-corrected chi connectivity index (χ0v) is 15.5. The summed E-state index contributed by atoms with van der Waals surface area (Å²) in [4.78, 5) is 20.7. The Kier molecular flexibility index (Phi) is 5.78. The van der Waals surface area contributed by atoms with E-state index in [9.17, 15) is 4.79 Å². The van der Waals surface area contributed by atoms with E-state index in [0.717, 1.165) is 16.4 Å². The van der Waals surface area contributed by atoms with Crippen LogP contribution in [-0.2, 0) is 4.79 Å². The molecular formula is C16H21N5OS2. The average molecular weight is 364 g/mol. The van der Waals surface area contributed by atoms with E-state index < -0.39 is 0 Å². The molecular weight excluding hydrogens is 342 g/mol. The van der Waals surface area contributed by atoms with Gasteiger partial charge in [-0.3, -0.25) is 10.1 Å². The van der Waals surface area contributed by atoms with Gasteiger partial charge < -0.3 is 0 Å². The molecule has 0 radical (unpaired) electrons. The fourth-order valence-corrected chi connectivity index (χ4v) is 4.52. The van der Waals surface area contributed by atoms with Crippen LogP contribution >= 0.6 is 23.1 Å². The number of nitrogens with one attached hydrogen (secondary N) is 1. The van der Waals surface area contributed by atoms with E-state index in [-0.39, 0.29) is 11.7 Å². The minimum atomic E-state index is -0.103. The molecule has 0 saturated heterocycles. The van der Waals surface area contributed by atoms with E-state index in [0.29, 0.717) is 16.2 Å². The number of aromatic nitrogens is 4. The van der Waals surface area contributed by atoms with E-state index in [4.69, 9.17) is 0 Å². The highest BCUT2D eigenvalue weighted by Gasteiger charge is 2.20. The largest absolute Gasteiger partial charge is 0.300 e. The molecule has 1 aliphatic carbocycles. The fourth-order valence-electron chi connectivity index (χ4n) is 2.84. The van der Waals surface area contributed by atoms with Crippen molar-refractivity contribution in [3.63, 3.8) is 0 Å². The monoisotopic (exact) mass is 363 g/mol. The van der Waals surface area contributed by atoms with Gasteiger partial charge in [0.05, 0.1) is 5.75 Å². The van der Waals surface area contributed by atoms with Gasteiger partial charge in [-0.2, -0.15) is 0 Å². The van der Waals surface area contributed by atoms with Gasteiger partial charge in [-0.05, 0) is 32.8 Å². The van der Waals surface area contributed by atoms with Crippen molar-refractivity contribution in [1.82, 2.24) is 20.2 Å². The second-order valence-corrected chi connectivity index (χ2v) is 8.00. The van der Waals surface area contributed by atoms with Gasteiger partial charge in [0.25, 0.3) is 0 Å². The highest BCUT2D eigenvalue weighted by atomic mass is 32.2. The van der Waals surface area contributed by atoms with E-state index in [1.807, 2.05) is 19.9 Å². The molecule has 0 spiro atoms. The maximum atomic E-state index is 12.1. The minimum absolute atomic E-state index is 0.103. The number of rotatable bonds is 5. The highest BCUT2D eigenvalue weighted by Crippen LogP contribution is 2.35. The first-order valence-electron chi connectivity index (χ1n) is 8.18. The SMILES string of the molecule is Cc1cc(C)nc(SCC(=O)Nc2nnc(C3CCCCC3)s2)n1. The summed E-state index contributed by atoms with van der Waals surface area (Å²) < 4.78 is 0. The summed E-state index contributed by atoms with van der Waals surface area (Å²) >= 11 is 2.83. The van der Waals surface area contributed by atoms with Crippen molar-refractivity contribution >= 4 is 34.1 Å². The van der Waals surface area contributed by atoms with E-state index in [2.05, 4.69) is 25.5 Å². The Balaban J connectivity index is 1.52. The predicted octanol–water partition coefficient (Wildman–Crippen LogP) is 3.72. The Morgan fingerprint density at radius 1 is 1.21 bits per heavy atom. The lowest BCUT2D eigenvalue weighted by molar-refractivity contribution is -0.113. The van der Waals surface area contributed by atoms with Crippen LogP contribution in [0.3, 0.4) is 0 Å². The number of hydrogen-bond acceptors (Lipinski definition) is 7. The summed E-state index contributed by atoms with van der Waals surface area (Å²) in [6.45, 7) is 3.85. The van der Waals surface area contributed by atoms with Crippen LogP contribution in [0.15, 0.2) is 11.2 Å². The van der Waals surface area contributed by atoms with Gasteiger partial charge in [0, 0.05) is 17.3 Å². The second kappa shape index (κ2) is 8.02. The van der Waals surface area contributed by atoms with Crippen LogP contribution in [0.2, 0.25) is 0 Å². The van der Waals surface area contributed by atoms with Gasteiger partial charge in [-0.1, -0.05) is 42.4 Å². The molecule has 2 aromatic rings. The van der Waals surface area contributed by atoms with Crippen LogP contribution < -0.4 is 5.32 Å². The van der Waals surface area contributed by atoms with Crippen molar-refractivity contribution in [3.8, 4) is 0 Å². The predicted molar refractivity (Wildman–Crippen MR) is 96.6 cm³/mol. The summed E-state index contributed by atoms with van der Waals surface area (Å²) in [6.07, 6.45) is 6.21. The normalized spacial score (nSPS) is 15.4. The third-order valence-corrected chi connectivity index (χ3v) is 5.78. The summed E-state index contributed by atoms with van der Waals surface area (Å²) in [5.74, 6) is 0.676. The molecule has 8 heteroatoms. The standard InChI is InChI=1S/C16H21N5OS2/c1-10-8-11(2)18-15(17-10)23-9-13(22)19-16-21-20-14(24-16)12-6-4-3-5-7-12/h8,12H,3-7,9H2,1-2H3,(H,19,21,22). The molecule has 1 fully saturated rings.